The van der Waals surface area contributed by atoms with Crippen LogP contribution in [0.15, 0.2) is 0 Å². The van der Waals surface area contributed by atoms with Gasteiger partial charge in [-0.25, -0.2) is 0 Å². The molecular formula is C15H30N2O2. The van der Waals surface area contributed by atoms with Crippen molar-refractivity contribution in [1.29, 1.82) is 0 Å². The molecule has 0 spiro atoms. The van der Waals surface area contributed by atoms with Crippen LogP contribution in [0, 0.1) is 5.92 Å². The molecule has 0 aromatic carbocycles. The summed E-state index contributed by atoms with van der Waals surface area (Å²) < 4.78 is 0. The molecule has 0 radical (unpaired) electrons. The SMILES string of the molecule is CCCNC1(C(=O)O)CCC(N(CC)CC(C)C)C1. The molecule has 0 bridgehead atoms. The second kappa shape index (κ2) is 7.25. The van der Waals surface area contributed by atoms with Crippen LogP contribution in [-0.4, -0.2) is 47.2 Å². The zero-order chi connectivity index (χ0) is 14.5. The lowest BCUT2D eigenvalue weighted by atomic mass is 9.97. The number of carboxylic acids is 1. The zero-order valence-corrected chi connectivity index (χ0v) is 12.9. The van der Waals surface area contributed by atoms with Crippen LogP contribution in [0.4, 0.5) is 0 Å². The van der Waals surface area contributed by atoms with Crippen molar-refractivity contribution >= 4 is 5.97 Å². The highest BCUT2D eigenvalue weighted by Crippen LogP contribution is 2.33. The quantitative estimate of drug-likeness (QED) is 0.711. The fraction of sp³-hybridized carbons (Fsp3) is 0.933. The van der Waals surface area contributed by atoms with E-state index in [0.29, 0.717) is 12.0 Å². The van der Waals surface area contributed by atoms with Gasteiger partial charge in [-0.3, -0.25) is 4.79 Å². The predicted octanol–water partition coefficient (Wildman–Crippen LogP) is 2.34. The maximum absolute atomic E-state index is 11.6. The maximum atomic E-state index is 11.6. The van der Waals surface area contributed by atoms with E-state index >= 15 is 0 Å². The molecule has 4 nitrogen and oxygen atoms in total. The zero-order valence-electron chi connectivity index (χ0n) is 12.9. The minimum Gasteiger partial charge on any atom is -0.480 e. The Morgan fingerprint density at radius 2 is 2.16 bits per heavy atom. The average molecular weight is 270 g/mol. The first-order chi connectivity index (χ1) is 8.95. The van der Waals surface area contributed by atoms with Crippen LogP contribution in [0.5, 0.6) is 0 Å². The van der Waals surface area contributed by atoms with E-state index < -0.39 is 11.5 Å². The second-order valence-corrected chi connectivity index (χ2v) is 6.19. The normalized spacial score (nSPS) is 27.4. The Hall–Kier alpha value is -0.610. The van der Waals surface area contributed by atoms with Crippen LogP contribution < -0.4 is 5.32 Å². The van der Waals surface area contributed by atoms with Crippen LogP contribution in [0.2, 0.25) is 0 Å². The van der Waals surface area contributed by atoms with Gasteiger partial charge >= 0.3 is 5.97 Å². The Balaban J connectivity index is 2.69. The molecule has 1 aliphatic rings. The van der Waals surface area contributed by atoms with Crippen molar-refractivity contribution < 1.29 is 9.90 Å². The van der Waals surface area contributed by atoms with Crippen molar-refractivity contribution in [3.63, 3.8) is 0 Å². The molecule has 112 valence electrons. The third-order valence-electron chi connectivity index (χ3n) is 4.13. The number of rotatable bonds is 8. The van der Waals surface area contributed by atoms with Crippen molar-refractivity contribution in [3.05, 3.63) is 0 Å². The second-order valence-electron chi connectivity index (χ2n) is 6.19. The Morgan fingerprint density at radius 1 is 1.47 bits per heavy atom. The lowest BCUT2D eigenvalue weighted by Gasteiger charge is -2.31. The summed E-state index contributed by atoms with van der Waals surface area (Å²) in [7, 11) is 0. The first-order valence-corrected chi connectivity index (χ1v) is 7.67. The summed E-state index contributed by atoms with van der Waals surface area (Å²) in [4.78, 5) is 14.1. The van der Waals surface area contributed by atoms with E-state index in [9.17, 15) is 9.90 Å². The molecule has 0 amide bonds. The van der Waals surface area contributed by atoms with Gasteiger partial charge in [0, 0.05) is 12.6 Å². The molecule has 1 rings (SSSR count). The van der Waals surface area contributed by atoms with E-state index in [1.165, 1.54) is 0 Å². The largest absolute Gasteiger partial charge is 0.480 e. The molecule has 19 heavy (non-hydrogen) atoms. The lowest BCUT2D eigenvalue weighted by Crippen LogP contribution is -2.51. The van der Waals surface area contributed by atoms with Gasteiger partial charge in [-0.1, -0.05) is 27.7 Å². The lowest BCUT2D eigenvalue weighted by molar-refractivity contribution is -0.144. The Morgan fingerprint density at radius 3 is 2.63 bits per heavy atom. The number of nitrogens with one attached hydrogen (secondary N) is 1. The number of carbonyl (C=O) groups is 1. The highest BCUT2D eigenvalue weighted by Gasteiger charge is 2.46. The number of hydrogen-bond acceptors (Lipinski definition) is 3. The van der Waals surface area contributed by atoms with Crippen molar-refractivity contribution in [3.8, 4) is 0 Å². The summed E-state index contributed by atoms with van der Waals surface area (Å²) in [6.45, 7) is 11.5. The summed E-state index contributed by atoms with van der Waals surface area (Å²) in [6, 6.07) is 0.410. The van der Waals surface area contributed by atoms with Gasteiger partial charge in [0.05, 0.1) is 0 Å². The number of hydrogen-bond donors (Lipinski definition) is 2. The standard InChI is InChI=1S/C15H30N2O2/c1-5-9-16-15(14(18)19)8-7-13(10-15)17(6-2)11-12(3)4/h12-13,16H,5-11H2,1-4H3,(H,18,19). The van der Waals surface area contributed by atoms with Crippen molar-refractivity contribution in [2.45, 2.75) is 65.0 Å². The molecule has 2 atom stereocenters. The van der Waals surface area contributed by atoms with Crippen molar-refractivity contribution in [2.75, 3.05) is 19.6 Å². The van der Waals surface area contributed by atoms with Gasteiger partial charge < -0.3 is 15.3 Å². The van der Waals surface area contributed by atoms with E-state index in [4.69, 9.17) is 0 Å². The predicted molar refractivity (Wildman–Crippen MR) is 78.4 cm³/mol. The van der Waals surface area contributed by atoms with Gasteiger partial charge in [0.15, 0.2) is 0 Å². The Kier molecular flexibility index (Phi) is 6.27. The summed E-state index contributed by atoms with van der Waals surface area (Å²) in [6.07, 6.45) is 3.46. The molecule has 1 fully saturated rings. The highest BCUT2D eigenvalue weighted by atomic mass is 16.4. The molecule has 0 heterocycles. The number of carboxylic acid groups (broad SMARTS) is 1. The van der Waals surface area contributed by atoms with E-state index in [-0.39, 0.29) is 0 Å². The van der Waals surface area contributed by atoms with Gasteiger partial charge in [0.2, 0.25) is 0 Å². The van der Waals surface area contributed by atoms with Crippen LogP contribution in [0.3, 0.4) is 0 Å². The fourth-order valence-corrected chi connectivity index (χ4v) is 3.13. The Labute approximate surface area is 117 Å². The van der Waals surface area contributed by atoms with Gasteiger partial charge in [-0.15, -0.1) is 0 Å². The highest BCUT2D eigenvalue weighted by molar-refractivity contribution is 5.79. The molecule has 0 aromatic heterocycles. The van der Waals surface area contributed by atoms with Crippen molar-refractivity contribution in [1.82, 2.24) is 10.2 Å². The fourth-order valence-electron chi connectivity index (χ4n) is 3.13. The Bertz CT molecular complexity index is 294. The van der Waals surface area contributed by atoms with Gasteiger partial charge in [0.1, 0.15) is 5.54 Å². The maximum Gasteiger partial charge on any atom is 0.323 e. The molecule has 0 saturated heterocycles. The summed E-state index contributed by atoms with van der Waals surface area (Å²) in [5, 5.41) is 12.8. The van der Waals surface area contributed by atoms with Crippen LogP contribution >= 0.6 is 0 Å². The number of aliphatic carboxylic acids is 1. The van der Waals surface area contributed by atoms with Crippen LogP contribution in [-0.2, 0) is 4.79 Å². The van der Waals surface area contributed by atoms with E-state index in [1.54, 1.807) is 0 Å². The molecule has 0 aliphatic heterocycles. The monoisotopic (exact) mass is 270 g/mol. The molecular weight excluding hydrogens is 240 g/mol. The van der Waals surface area contributed by atoms with Gasteiger partial charge in [-0.2, -0.15) is 0 Å². The minimum absolute atomic E-state index is 0.410. The third-order valence-corrected chi connectivity index (χ3v) is 4.13. The topological polar surface area (TPSA) is 52.6 Å². The molecule has 1 saturated carbocycles. The minimum atomic E-state index is -0.689. The van der Waals surface area contributed by atoms with Crippen molar-refractivity contribution in [2.24, 2.45) is 5.92 Å². The first kappa shape index (κ1) is 16.4. The molecule has 2 unspecified atom stereocenters. The van der Waals surface area contributed by atoms with Gasteiger partial charge in [-0.05, 0) is 44.7 Å². The summed E-state index contributed by atoms with van der Waals surface area (Å²) in [5.74, 6) is -0.0487. The van der Waals surface area contributed by atoms with E-state index in [2.05, 4.69) is 37.9 Å². The van der Waals surface area contributed by atoms with E-state index in [1.807, 2.05) is 0 Å². The average Bonchev–Trinajstić information content (AvgIpc) is 2.79. The molecule has 0 aromatic rings. The van der Waals surface area contributed by atoms with Crippen LogP contribution in [0.25, 0.3) is 0 Å². The smallest absolute Gasteiger partial charge is 0.323 e. The molecule has 2 N–H and O–H groups in total. The van der Waals surface area contributed by atoms with Crippen LogP contribution in [0.1, 0.15) is 53.4 Å². The van der Waals surface area contributed by atoms with Gasteiger partial charge in [0.25, 0.3) is 0 Å². The van der Waals surface area contributed by atoms with E-state index in [0.717, 1.165) is 45.3 Å². The first-order valence-electron chi connectivity index (χ1n) is 7.67. The molecule has 1 aliphatic carbocycles. The summed E-state index contributed by atoms with van der Waals surface area (Å²) in [5.41, 5.74) is -0.689. The molecule has 4 heteroatoms. The third kappa shape index (κ3) is 4.18. The summed E-state index contributed by atoms with van der Waals surface area (Å²) >= 11 is 0. The number of nitrogens with zero attached hydrogens (tertiary/aromatic N) is 1.